The number of carbonyl (C=O) groups excluding carboxylic acids is 1. The Kier molecular flexibility index (Phi) is 4.48. The second-order valence-electron chi connectivity index (χ2n) is 5.48. The molecule has 0 unspecified atom stereocenters. The Morgan fingerprint density at radius 2 is 2.00 bits per heavy atom. The van der Waals surface area contributed by atoms with Crippen molar-refractivity contribution in [1.29, 1.82) is 0 Å². The van der Waals surface area contributed by atoms with Crippen molar-refractivity contribution in [3.8, 4) is 0 Å². The number of hydrogen-bond donors (Lipinski definition) is 2. The standard InChI is InChI=1S/C15H18BrNO3/c1-10-8-11(4-5-12(10)16)14(20)17-15(9-13(18)19)6-2-3-7-15/h4-5,8H,2-3,6-7,9H2,1H3,(H,17,20)(H,18,19). The zero-order valence-electron chi connectivity index (χ0n) is 11.4. The third-order valence-corrected chi connectivity index (χ3v) is 4.74. The quantitative estimate of drug-likeness (QED) is 0.884. The maximum Gasteiger partial charge on any atom is 0.305 e. The number of carbonyl (C=O) groups is 2. The van der Waals surface area contributed by atoms with Gasteiger partial charge in [-0.05, 0) is 43.5 Å². The van der Waals surface area contributed by atoms with Gasteiger partial charge in [0.1, 0.15) is 0 Å². The lowest BCUT2D eigenvalue weighted by Gasteiger charge is -2.28. The van der Waals surface area contributed by atoms with E-state index < -0.39 is 11.5 Å². The van der Waals surface area contributed by atoms with Gasteiger partial charge in [-0.2, -0.15) is 0 Å². The fourth-order valence-electron chi connectivity index (χ4n) is 2.79. The molecule has 20 heavy (non-hydrogen) atoms. The largest absolute Gasteiger partial charge is 0.481 e. The van der Waals surface area contributed by atoms with Gasteiger partial charge in [-0.25, -0.2) is 0 Å². The number of benzene rings is 1. The van der Waals surface area contributed by atoms with Gasteiger partial charge in [-0.15, -0.1) is 0 Å². The molecule has 1 saturated carbocycles. The molecule has 108 valence electrons. The van der Waals surface area contributed by atoms with Crippen LogP contribution in [-0.2, 0) is 4.79 Å². The summed E-state index contributed by atoms with van der Waals surface area (Å²) in [4.78, 5) is 23.4. The SMILES string of the molecule is Cc1cc(C(=O)NC2(CC(=O)O)CCCC2)ccc1Br. The van der Waals surface area contributed by atoms with E-state index >= 15 is 0 Å². The van der Waals surface area contributed by atoms with E-state index in [1.54, 1.807) is 6.07 Å². The first kappa shape index (κ1) is 15.0. The number of aliphatic carboxylic acids is 1. The van der Waals surface area contributed by atoms with Crippen molar-refractivity contribution in [2.45, 2.75) is 44.6 Å². The van der Waals surface area contributed by atoms with E-state index in [9.17, 15) is 9.59 Å². The molecule has 1 aliphatic carbocycles. The second kappa shape index (κ2) is 5.95. The monoisotopic (exact) mass is 339 g/mol. The van der Waals surface area contributed by atoms with Gasteiger partial charge in [0.15, 0.2) is 0 Å². The number of rotatable bonds is 4. The highest BCUT2D eigenvalue weighted by Gasteiger charge is 2.37. The molecule has 1 fully saturated rings. The van der Waals surface area contributed by atoms with E-state index in [4.69, 9.17) is 5.11 Å². The number of halogens is 1. The lowest BCUT2D eigenvalue weighted by atomic mass is 9.92. The molecular weight excluding hydrogens is 322 g/mol. The molecule has 0 saturated heterocycles. The summed E-state index contributed by atoms with van der Waals surface area (Å²) >= 11 is 3.40. The maximum absolute atomic E-state index is 12.3. The van der Waals surface area contributed by atoms with E-state index in [0.717, 1.165) is 35.7 Å². The summed E-state index contributed by atoms with van der Waals surface area (Å²) in [6.07, 6.45) is 3.40. The zero-order chi connectivity index (χ0) is 14.8. The molecule has 1 aromatic carbocycles. The van der Waals surface area contributed by atoms with Crippen molar-refractivity contribution in [2.75, 3.05) is 0 Å². The van der Waals surface area contributed by atoms with Crippen molar-refractivity contribution in [3.05, 3.63) is 33.8 Å². The molecule has 4 nitrogen and oxygen atoms in total. The number of amides is 1. The molecule has 0 radical (unpaired) electrons. The summed E-state index contributed by atoms with van der Waals surface area (Å²) in [5.41, 5.74) is 0.975. The summed E-state index contributed by atoms with van der Waals surface area (Å²) in [6, 6.07) is 5.39. The molecular formula is C15H18BrNO3. The van der Waals surface area contributed by atoms with E-state index in [1.165, 1.54) is 0 Å². The van der Waals surface area contributed by atoms with Crippen molar-refractivity contribution < 1.29 is 14.7 Å². The highest BCUT2D eigenvalue weighted by molar-refractivity contribution is 9.10. The first-order valence-electron chi connectivity index (χ1n) is 6.72. The summed E-state index contributed by atoms with van der Waals surface area (Å²) < 4.78 is 0.954. The number of nitrogens with one attached hydrogen (secondary N) is 1. The minimum Gasteiger partial charge on any atom is -0.481 e. The molecule has 2 N–H and O–H groups in total. The Labute approximate surface area is 126 Å². The predicted molar refractivity (Wildman–Crippen MR) is 79.8 cm³/mol. The molecule has 0 aromatic heterocycles. The predicted octanol–water partition coefficient (Wildman–Crippen LogP) is 3.27. The molecule has 1 aromatic rings. The van der Waals surface area contributed by atoms with Gasteiger partial charge < -0.3 is 10.4 Å². The Bertz CT molecular complexity index is 536. The molecule has 2 rings (SSSR count). The van der Waals surface area contributed by atoms with E-state index in [2.05, 4.69) is 21.2 Å². The van der Waals surface area contributed by atoms with Crippen molar-refractivity contribution >= 4 is 27.8 Å². The first-order valence-corrected chi connectivity index (χ1v) is 7.52. The minimum atomic E-state index is -0.862. The average molecular weight is 340 g/mol. The Morgan fingerprint density at radius 1 is 1.35 bits per heavy atom. The van der Waals surface area contributed by atoms with Crippen LogP contribution in [0, 0.1) is 6.92 Å². The minimum absolute atomic E-state index is 0.00570. The lowest BCUT2D eigenvalue weighted by Crippen LogP contribution is -2.47. The number of carboxylic acid groups (broad SMARTS) is 1. The fraction of sp³-hybridized carbons (Fsp3) is 0.467. The Morgan fingerprint density at radius 3 is 2.55 bits per heavy atom. The summed E-state index contributed by atoms with van der Waals surface area (Å²) in [7, 11) is 0. The molecule has 0 heterocycles. The van der Waals surface area contributed by atoms with Crippen LogP contribution < -0.4 is 5.32 Å². The van der Waals surface area contributed by atoms with Crippen LogP contribution in [0.25, 0.3) is 0 Å². The van der Waals surface area contributed by atoms with E-state index in [0.29, 0.717) is 5.56 Å². The summed E-state index contributed by atoms with van der Waals surface area (Å²) in [5.74, 6) is -1.05. The Hall–Kier alpha value is -1.36. The first-order chi connectivity index (χ1) is 9.42. The molecule has 0 atom stereocenters. The number of aryl methyl sites for hydroxylation is 1. The van der Waals surface area contributed by atoms with Crippen LogP contribution in [0.1, 0.15) is 48.0 Å². The van der Waals surface area contributed by atoms with Crippen LogP contribution in [0.2, 0.25) is 0 Å². The normalized spacial score (nSPS) is 16.9. The molecule has 0 bridgehead atoms. The summed E-state index contributed by atoms with van der Waals surface area (Å²) in [5, 5.41) is 12.0. The number of carboxylic acids is 1. The van der Waals surface area contributed by atoms with Gasteiger partial charge in [-0.3, -0.25) is 9.59 Å². The smallest absolute Gasteiger partial charge is 0.305 e. The van der Waals surface area contributed by atoms with Gasteiger partial charge in [0.25, 0.3) is 5.91 Å². The van der Waals surface area contributed by atoms with Gasteiger partial charge in [-0.1, -0.05) is 28.8 Å². The lowest BCUT2D eigenvalue weighted by molar-refractivity contribution is -0.138. The third kappa shape index (κ3) is 3.39. The topological polar surface area (TPSA) is 66.4 Å². The van der Waals surface area contributed by atoms with Crippen LogP contribution in [-0.4, -0.2) is 22.5 Å². The van der Waals surface area contributed by atoms with E-state index in [-0.39, 0.29) is 12.3 Å². The van der Waals surface area contributed by atoms with Crippen LogP contribution in [0.4, 0.5) is 0 Å². The Balaban J connectivity index is 2.16. The van der Waals surface area contributed by atoms with E-state index in [1.807, 2.05) is 19.1 Å². The van der Waals surface area contributed by atoms with Crippen LogP contribution in [0.15, 0.2) is 22.7 Å². The highest BCUT2D eigenvalue weighted by atomic mass is 79.9. The molecule has 0 aliphatic heterocycles. The maximum atomic E-state index is 12.3. The second-order valence-corrected chi connectivity index (χ2v) is 6.33. The highest BCUT2D eigenvalue weighted by Crippen LogP contribution is 2.33. The van der Waals surface area contributed by atoms with Crippen LogP contribution in [0.5, 0.6) is 0 Å². The molecule has 1 aliphatic rings. The van der Waals surface area contributed by atoms with Gasteiger partial charge in [0, 0.05) is 10.0 Å². The van der Waals surface area contributed by atoms with Crippen molar-refractivity contribution in [3.63, 3.8) is 0 Å². The van der Waals surface area contributed by atoms with Crippen LogP contribution in [0.3, 0.4) is 0 Å². The zero-order valence-corrected chi connectivity index (χ0v) is 13.0. The molecule has 1 amide bonds. The third-order valence-electron chi connectivity index (χ3n) is 3.85. The molecule has 5 heteroatoms. The van der Waals surface area contributed by atoms with Gasteiger partial charge >= 0.3 is 5.97 Å². The van der Waals surface area contributed by atoms with Crippen molar-refractivity contribution in [2.24, 2.45) is 0 Å². The summed E-state index contributed by atoms with van der Waals surface area (Å²) in [6.45, 7) is 1.92. The fourth-order valence-corrected chi connectivity index (χ4v) is 3.03. The van der Waals surface area contributed by atoms with Gasteiger partial charge in [0.2, 0.25) is 0 Å². The van der Waals surface area contributed by atoms with Gasteiger partial charge in [0.05, 0.1) is 12.0 Å². The molecule has 0 spiro atoms. The van der Waals surface area contributed by atoms with Crippen LogP contribution >= 0.6 is 15.9 Å². The average Bonchev–Trinajstić information content (AvgIpc) is 2.79. The van der Waals surface area contributed by atoms with Crippen molar-refractivity contribution in [1.82, 2.24) is 5.32 Å². The number of hydrogen-bond acceptors (Lipinski definition) is 2.